The zero-order valence-electron chi connectivity index (χ0n) is 9.62. The minimum Gasteiger partial charge on any atom is -0.123 e. The molecule has 0 radical (unpaired) electrons. The minimum absolute atomic E-state index is 0.663. The normalized spacial score (nSPS) is 11.9. The summed E-state index contributed by atoms with van der Waals surface area (Å²) < 4.78 is -0.737. The first-order valence-electron chi connectivity index (χ1n) is 5.61. The van der Waals surface area contributed by atoms with Gasteiger partial charge in [0.2, 0.25) is 0 Å². The Labute approximate surface area is 116 Å². The molecule has 2 aromatic rings. The van der Waals surface area contributed by atoms with Crippen LogP contribution in [-0.2, 0) is 6.42 Å². The van der Waals surface area contributed by atoms with Crippen molar-refractivity contribution in [1.82, 2.24) is 0 Å². The highest BCUT2D eigenvalue weighted by Gasteiger charge is 2.24. The molecule has 0 atom stereocenters. The van der Waals surface area contributed by atoms with Gasteiger partial charge in [0.25, 0.3) is 0 Å². The van der Waals surface area contributed by atoms with Gasteiger partial charge in [-0.05, 0) is 22.1 Å². The van der Waals surface area contributed by atoms with E-state index >= 15 is 0 Å². The molecule has 2 rings (SSSR count). The van der Waals surface area contributed by atoms with Gasteiger partial charge in [-0.2, -0.15) is 0 Å². The van der Waals surface area contributed by atoms with Gasteiger partial charge in [-0.3, -0.25) is 0 Å². The first kappa shape index (κ1) is 13.1. The van der Waals surface area contributed by atoms with Crippen molar-refractivity contribution >= 4 is 45.7 Å². The maximum Gasteiger partial charge on any atom is 0.167 e. The SMILES string of the molecule is CCSC(Cl)(Cl)Cc1cccc2ccccc12. The van der Waals surface area contributed by atoms with Crippen LogP contribution in [0.15, 0.2) is 42.5 Å². The fraction of sp³-hybridized carbons (Fsp3) is 0.286. The van der Waals surface area contributed by atoms with E-state index in [1.165, 1.54) is 16.3 Å². The Morgan fingerprint density at radius 2 is 1.76 bits per heavy atom. The lowest BCUT2D eigenvalue weighted by atomic mass is 10.0. The van der Waals surface area contributed by atoms with Crippen molar-refractivity contribution in [2.75, 3.05) is 5.75 Å². The smallest absolute Gasteiger partial charge is 0.123 e. The molecule has 0 aliphatic rings. The second kappa shape index (κ2) is 5.51. The molecule has 2 aromatic carbocycles. The summed E-state index contributed by atoms with van der Waals surface area (Å²) in [5.41, 5.74) is 1.20. The zero-order chi connectivity index (χ0) is 12.3. The standard InChI is InChI=1S/C14H14Cl2S/c1-2-17-14(15,16)10-12-8-5-7-11-6-3-4-9-13(11)12/h3-9H,2,10H2,1H3. The van der Waals surface area contributed by atoms with Crippen molar-refractivity contribution in [3.63, 3.8) is 0 Å². The van der Waals surface area contributed by atoms with Gasteiger partial charge in [0.1, 0.15) is 0 Å². The molecule has 0 fully saturated rings. The third-order valence-corrected chi connectivity index (χ3v) is 4.41. The molecular weight excluding hydrogens is 271 g/mol. The fourth-order valence-corrected chi connectivity index (χ4v) is 3.55. The highest BCUT2D eigenvalue weighted by atomic mass is 35.5. The summed E-state index contributed by atoms with van der Waals surface area (Å²) in [5.74, 6) is 0.914. The maximum absolute atomic E-state index is 6.30. The highest BCUT2D eigenvalue weighted by molar-refractivity contribution is 8.03. The Morgan fingerprint density at radius 3 is 2.53 bits per heavy atom. The number of hydrogen-bond donors (Lipinski definition) is 0. The van der Waals surface area contributed by atoms with E-state index in [-0.39, 0.29) is 0 Å². The Balaban J connectivity index is 2.36. The van der Waals surface area contributed by atoms with E-state index in [4.69, 9.17) is 23.2 Å². The summed E-state index contributed by atoms with van der Waals surface area (Å²) in [5, 5.41) is 2.47. The van der Waals surface area contributed by atoms with Gasteiger partial charge < -0.3 is 0 Å². The summed E-state index contributed by atoms with van der Waals surface area (Å²) in [6.07, 6.45) is 0.663. The number of thioether (sulfide) groups is 1. The number of halogens is 2. The molecule has 0 spiro atoms. The summed E-state index contributed by atoms with van der Waals surface area (Å²) in [4.78, 5) is 0. The number of fused-ring (bicyclic) bond motifs is 1. The molecule has 0 heterocycles. The average Bonchev–Trinajstić information content (AvgIpc) is 2.29. The van der Waals surface area contributed by atoms with Crippen LogP contribution in [0.1, 0.15) is 12.5 Å². The third kappa shape index (κ3) is 3.31. The molecule has 0 N–H and O–H groups in total. The monoisotopic (exact) mass is 284 g/mol. The van der Waals surface area contributed by atoms with Crippen LogP contribution in [0.5, 0.6) is 0 Å². The first-order chi connectivity index (χ1) is 8.12. The fourth-order valence-electron chi connectivity index (χ4n) is 1.93. The van der Waals surface area contributed by atoms with Crippen LogP contribution >= 0.6 is 35.0 Å². The maximum atomic E-state index is 6.30. The van der Waals surface area contributed by atoms with Crippen molar-refractivity contribution < 1.29 is 0 Å². The van der Waals surface area contributed by atoms with Gasteiger partial charge >= 0.3 is 0 Å². The lowest BCUT2D eigenvalue weighted by Crippen LogP contribution is -2.12. The first-order valence-corrected chi connectivity index (χ1v) is 7.35. The molecule has 0 unspecified atom stereocenters. The molecule has 0 saturated carbocycles. The Hall–Kier alpha value is -0.370. The van der Waals surface area contributed by atoms with E-state index in [0.29, 0.717) is 6.42 Å². The second-order valence-electron chi connectivity index (χ2n) is 3.89. The predicted octanol–water partition coefficient (Wildman–Crippen LogP) is 5.27. The van der Waals surface area contributed by atoms with Crippen molar-refractivity contribution in [3.8, 4) is 0 Å². The van der Waals surface area contributed by atoms with Crippen molar-refractivity contribution in [2.45, 2.75) is 17.0 Å². The van der Waals surface area contributed by atoms with E-state index in [1.54, 1.807) is 11.8 Å². The lowest BCUT2D eigenvalue weighted by Gasteiger charge is -2.19. The Morgan fingerprint density at radius 1 is 1.06 bits per heavy atom. The average molecular weight is 285 g/mol. The summed E-state index contributed by atoms with van der Waals surface area (Å²) in [6, 6.07) is 14.6. The van der Waals surface area contributed by atoms with Gasteiger partial charge in [-0.1, -0.05) is 72.6 Å². The number of rotatable bonds is 4. The van der Waals surface area contributed by atoms with Crippen molar-refractivity contribution in [3.05, 3.63) is 48.0 Å². The van der Waals surface area contributed by atoms with E-state index in [2.05, 4.69) is 37.3 Å². The molecule has 0 aliphatic carbocycles. The largest absolute Gasteiger partial charge is 0.167 e. The molecule has 0 saturated heterocycles. The molecular formula is C14H14Cl2S. The van der Waals surface area contributed by atoms with Crippen molar-refractivity contribution in [1.29, 1.82) is 0 Å². The van der Waals surface area contributed by atoms with Gasteiger partial charge in [0, 0.05) is 6.42 Å². The Kier molecular flexibility index (Phi) is 4.24. The van der Waals surface area contributed by atoms with E-state index in [1.807, 2.05) is 12.1 Å². The van der Waals surface area contributed by atoms with Crippen LogP contribution in [0.2, 0.25) is 0 Å². The molecule has 17 heavy (non-hydrogen) atoms. The van der Waals surface area contributed by atoms with Crippen LogP contribution in [0.3, 0.4) is 0 Å². The molecule has 3 heteroatoms. The topological polar surface area (TPSA) is 0 Å². The summed E-state index contributed by atoms with van der Waals surface area (Å²) in [6.45, 7) is 2.06. The Bertz CT molecular complexity index is 503. The quantitative estimate of drug-likeness (QED) is 0.690. The summed E-state index contributed by atoms with van der Waals surface area (Å²) >= 11 is 14.2. The molecule has 0 bridgehead atoms. The van der Waals surface area contributed by atoms with Crippen LogP contribution in [0.4, 0.5) is 0 Å². The van der Waals surface area contributed by atoms with Gasteiger partial charge in [0.15, 0.2) is 3.67 Å². The number of hydrogen-bond acceptors (Lipinski definition) is 1. The predicted molar refractivity (Wildman–Crippen MR) is 80.2 cm³/mol. The molecule has 0 amide bonds. The van der Waals surface area contributed by atoms with Crippen molar-refractivity contribution in [2.24, 2.45) is 0 Å². The highest BCUT2D eigenvalue weighted by Crippen LogP contribution is 2.39. The van der Waals surface area contributed by atoms with Crippen LogP contribution in [0, 0.1) is 0 Å². The van der Waals surface area contributed by atoms with E-state index < -0.39 is 3.67 Å². The van der Waals surface area contributed by atoms with Gasteiger partial charge in [-0.25, -0.2) is 0 Å². The van der Waals surface area contributed by atoms with E-state index in [0.717, 1.165) is 5.75 Å². The van der Waals surface area contributed by atoms with Gasteiger partial charge in [-0.15, -0.1) is 11.8 Å². The molecule has 0 nitrogen and oxygen atoms in total. The molecule has 90 valence electrons. The van der Waals surface area contributed by atoms with Gasteiger partial charge in [0.05, 0.1) is 0 Å². The zero-order valence-corrected chi connectivity index (χ0v) is 11.9. The second-order valence-corrected chi connectivity index (χ2v) is 7.38. The third-order valence-electron chi connectivity index (χ3n) is 2.63. The number of benzene rings is 2. The van der Waals surface area contributed by atoms with Crippen LogP contribution in [-0.4, -0.2) is 9.42 Å². The van der Waals surface area contributed by atoms with E-state index in [9.17, 15) is 0 Å². The molecule has 0 aliphatic heterocycles. The number of alkyl halides is 2. The summed E-state index contributed by atoms with van der Waals surface area (Å²) in [7, 11) is 0. The van der Waals surface area contributed by atoms with Crippen LogP contribution < -0.4 is 0 Å². The minimum atomic E-state index is -0.737. The van der Waals surface area contributed by atoms with Crippen LogP contribution in [0.25, 0.3) is 10.8 Å². The molecule has 0 aromatic heterocycles. The lowest BCUT2D eigenvalue weighted by molar-refractivity contribution is 1.04.